The van der Waals surface area contributed by atoms with Crippen LogP contribution in [0.25, 0.3) is 22.4 Å². The lowest BCUT2D eigenvalue weighted by Gasteiger charge is -2.18. The third kappa shape index (κ3) is 4.55. The molecule has 6 N–H and O–H groups in total. The van der Waals surface area contributed by atoms with Gasteiger partial charge in [-0.25, -0.2) is 20.6 Å². The number of nitrogens with one attached hydrogen (secondary N) is 1. The maximum atomic E-state index is 13.4. The van der Waals surface area contributed by atoms with Gasteiger partial charge in [0, 0.05) is 34.1 Å². The van der Waals surface area contributed by atoms with Crippen LogP contribution in [0.1, 0.15) is 34.5 Å². The molecule has 11 nitrogen and oxygen atoms in total. The van der Waals surface area contributed by atoms with Crippen LogP contribution in [0.15, 0.2) is 58.6 Å². The zero-order valence-electron chi connectivity index (χ0n) is 19.1. The molecule has 1 aromatic carbocycles. The van der Waals surface area contributed by atoms with Gasteiger partial charge in [-0.3, -0.25) is 9.80 Å². The van der Waals surface area contributed by atoms with Gasteiger partial charge in [0.2, 0.25) is 0 Å². The van der Waals surface area contributed by atoms with E-state index in [4.69, 9.17) is 34.9 Å². The van der Waals surface area contributed by atoms with Crippen LogP contribution in [0, 0.1) is 0 Å². The van der Waals surface area contributed by atoms with Crippen LogP contribution in [-0.4, -0.2) is 36.9 Å². The van der Waals surface area contributed by atoms with Crippen molar-refractivity contribution in [2.24, 2.45) is 16.8 Å². The number of hydrogen-bond donors (Lipinski definition) is 4. The Bertz CT molecular complexity index is 1610. The quantitative estimate of drug-likeness (QED) is 0.125. The molecule has 4 aromatic rings. The van der Waals surface area contributed by atoms with Gasteiger partial charge in [0.15, 0.2) is 5.15 Å². The first-order valence-corrected chi connectivity index (χ1v) is 11.8. The van der Waals surface area contributed by atoms with Crippen molar-refractivity contribution in [2.45, 2.75) is 18.9 Å². The van der Waals surface area contributed by atoms with Crippen LogP contribution in [0.2, 0.25) is 10.2 Å². The summed E-state index contributed by atoms with van der Waals surface area (Å²) >= 11 is 12.6. The normalized spacial score (nSPS) is 14.7. The number of pyridine rings is 2. The predicted octanol–water partition coefficient (Wildman–Crippen LogP) is 3.42. The van der Waals surface area contributed by atoms with Crippen LogP contribution in [0.5, 0.6) is 0 Å². The second-order valence-corrected chi connectivity index (χ2v) is 9.15. The largest absolute Gasteiger partial charge is 0.477 e. The maximum Gasteiger partial charge on any atom is 0.354 e. The molecular formula is C24H20Cl2N8O3. The van der Waals surface area contributed by atoms with Crippen molar-refractivity contribution < 1.29 is 9.90 Å². The topological polar surface area (TPSA) is 169 Å². The number of carbonyl (C=O) groups is 1. The number of nitrogens with two attached hydrogens (primary N) is 2. The standard InChI is InChI=1S/C24H20Cl2N8O3/c25-14-1-3-18(33(28)11-30-27)16(10-14)13-7-15-2-4-19(34(15)20(35)9-13)23-31-21(22(26)32-23)12-5-6-29-17(8-12)24(36)37/h1,3,5-11,19H,2,4,27-28H2,(H,31,32)(H,36,37)/b30-11-. The summed E-state index contributed by atoms with van der Waals surface area (Å²) in [7, 11) is 0. The number of hydrazone groups is 1. The van der Waals surface area contributed by atoms with Gasteiger partial charge in [0.25, 0.3) is 5.56 Å². The summed E-state index contributed by atoms with van der Waals surface area (Å²) in [6.45, 7) is 0. The van der Waals surface area contributed by atoms with Gasteiger partial charge in [-0.15, -0.1) is 0 Å². The van der Waals surface area contributed by atoms with E-state index in [0.717, 1.165) is 5.69 Å². The number of aryl methyl sites for hydroxylation is 1. The third-order valence-corrected chi connectivity index (χ3v) is 6.64. The molecule has 0 bridgehead atoms. The first-order valence-electron chi connectivity index (χ1n) is 11.0. The van der Waals surface area contributed by atoms with Crippen molar-refractivity contribution >= 4 is 41.2 Å². The molecule has 0 radical (unpaired) electrons. The van der Waals surface area contributed by atoms with Crippen LogP contribution in [-0.2, 0) is 6.42 Å². The van der Waals surface area contributed by atoms with E-state index in [9.17, 15) is 14.7 Å². The Balaban J connectivity index is 1.54. The molecule has 188 valence electrons. The highest BCUT2D eigenvalue weighted by Gasteiger charge is 2.29. The average Bonchev–Trinajstić information content (AvgIpc) is 3.48. The minimum absolute atomic E-state index is 0.117. The number of halogens is 2. The molecule has 0 amide bonds. The molecule has 1 aliphatic rings. The number of hydrazine groups is 1. The van der Waals surface area contributed by atoms with Crippen LogP contribution in [0.3, 0.4) is 0 Å². The van der Waals surface area contributed by atoms with Crippen LogP contribution >= 0.6 is 23.2 Å². The van der Waals surface area contributed by atoms with E-state index in [1.54, 1.807) is 28.8 Å². The zero-order chi connectivity index (χ0) is 26.3. The Labute approximate surface area is 219 Å². The van der Waals surface area contributed by atoms with Gasteiger partial charge < -0.3 is 20.5 Å². The summed E-state index contributed by atoms with van der Waals surface area (Å²) < 4.78 is 1.67. The molecule has 4 heterocycles. The van der Waals surface area contributed by atoms with E-state index in [2.05, 4.69) is 20.1 Å². The number of carboxylic acid groups (broad SMARTS) is 1. The Morgan fingerprint density at radius 1 is 1.22 bits per heavy atom. The van der Waals surface area contributed by atoms with E-state index in [-0.39, 0.29) is 22.4 Å². The summed E-state index contributed by atoms with van der Waals surface area (Å²) in [6.07, 6.45) is 3.87. The highest BCUT2D eigenvalue weighted by molar-refractivity contribution is 6.32. The number of hydrogen-bond acceptors (Lipinski definition) is 7. The van der Waals surface area contributed by atoms with Crippen molar-refractivity contribution in [1.82, 2.24) is 19.5 Å². The van der Waals surface area contributed by atoms with Gasteiger partial charge in [0.05, 0.1) is 17.4 Å². The van der Waals surface area contributed by atoms with Gasteiger partial charge >= 0.3 is 5.97 Å². The molecule has 0 fully saturated rings. The highest BCUT2D eigenvalue weighted by atomic mass is 35.5. The fraction of sp³-hybridized carbons (Fsp3) is 0.125. The fourth-order valence-corrected chi connectivity index (χ4v) is 4.95. The Morgan fingerprint density at radius 3 is 2.78 bits per heavy atom. The average molecular weight is 539 g/mol. The lowest BCUT2D eigenvalue weighted by atomic mass is 10.0. The lowest BCUT2D eigenvalue weighted by Crippen LogP contribution is -2.30. The van der Waals surface area contributed by atoms with Crippen molar-refractivity contribution in [1.29, 1.82) is 0 Å². The number of nitrogens with zero attached hydrogens (tertiary/aromatic N) is 5. The van der Waals surface area contributed by atoms with E-state index in [1.807, 2.05) is 6.07 Å². The Kier molecular flexibility index (Phi) is 6.42. The van der Waals surface area contributed by atoms with Crippen molar-refractivity contribution in [3.05, 3.63) is 86.4 Å². The summed E-state index contributed by atoms with van der Waals surface area (Å²) in [6, 6.07) is 11.2. The molecule has 1 aliphatic heterocycles. The fourth-order valence-electron chi connectivity index (χ4n) is 4.53. The number of rotatable bonds is 6. The maximum absolute atomic E-state index is 13.4. The SMILES string of the molecule is N/N=C\N(N)c1ccc(Cl)cc1-c1cc2n(c(=O)c1)C(c1nc(Cl)c(-c3ccnc(C(=O)O)c3)[nH]1)CC2. The molecular weight excluding hydrogens is 519 g/mol. The minimum Gasteiger partial charge on any atom is -0.477 e. The van der Waals surface area contributed by atoms with Gasteiger partial charge in [-0.2, -0.15) is 5.10 Å². The Hall–Kier alpha value is -4.19. The number of fused-ring (bicyclic) bond motifs is 1. The van der Waals surface area contributed by atoms with Crippen molar-refractivity contribution in [3.8, 4) is 22.4 Å². The highest BCUT2D eigenvalue weighted by Crippen LogP contribution is 2.37. The van der Waals surface area contributed by atoms with Gasteiger partial charge in [-0.05, 0) is 54.8 Å². The predicted molar refractivity (Wildman–Crippen MR) is 141 cm³/mol. The Morgan fingerprint density at radius 2 is 2.03 bits per heavy atom. The zero-order valence-corrected chi connectivity index (χ0v) is 20.6. The van der Waals surface area contributed by atoms with Gasteiger partial charge in [0.1, 0.15) is 17.9 Å². The number of benzene rings is 1. The van der Waals surface area contributed by atoms with Crippen molar-refractivity contribution in [3.63, 3.8) is 0 Å². The number of aromatic nitrogens is 4. The molecule has 37 heavy (non-hydrogen) atoms. The van der Waals surface area contributed by atoms with Crippen LogP contribution in [0.4, 0.5) is 5.69 Å². The molecule has 0 spiro atoms. The van der Waals surface area contributed by atoms with E-state index in [0.29, 0.717) is 51.8 Å². The number of aromatic carboxylic acids is 1. The number of aromatic amines is 1. The van der Waals surface area contributed by atoms with E-state index >= 15 is 0 Å². The monoisotopic (exact) mass is 538 g/mol. The molecule has 0 saturated heterocycles. The first kappa shape index (κ1) is 24.5. The van der Waals surface area contributed by atoms with E-state index < -0.39 is 5.97 Å². The van der Waals surface area contributed by atoms with Crippen LogP contribution < -0.4 is 22.3 Å². The summed E-state index contributed by atoms with van der Waals surface area (Å²) in [5.74, 6) is 10.6. The van der Waals surface area contributed by atoms with Gasteiger partial charge in [-0.1, -0.05) is 23.2 Å². The summed E-state index contributed by atoms with van der Waals surface area (Å²) in [5.41, 5.74) is 3.29. The summed E-state index contributed by atoms with van der Waals surface area (Å²) in [4.78, 5) is 36.1. The van der Waals surface area contributed by atoms with E-state index in [1.165, 1.54) is 29.7 Å². The number of H-pyrrole nitrogens is 1. The minimum atomic E-state index is -1.15. The molecule has 1 atom stereocenters. The molecule has 0 aliphatic carbocycles. The number of imidazole rings is 1. The second kappa shape index (κ2) is 9.69. The second-order valence-electron chi connectivity index (χ2n) is 8.35. The summed E-state index contributed by atoms with van der Waals surface area (Å²) in [5, 5.41) is 14.6. The third-order valence-electron chi connectivity index (χ3n) is 6.13. The molecule has 13 heteroatoms. The molecule has 0 saturated carbocycles. The first-order chi connectivity index (χ1) is 17.8. The molecule has 3 aromatic heterocycles. The number of carboxylic acids is 1. The molecule has 1 unspecified atom stereocenters. The van der Waals surface area contributed by atoms with Crippen molar-refractivity contribution in [2.75, 3.05) is 5.01 Å². The number of anilines is 1. The molecule has 5 rings (SSSR count). The smallest absolute Gasteiger partial charge is 0.354 e. The lowest BCUT2D eigenvalue weighted by molar-refractivity contribution is 0.0690.